The van der Waals surface area contributed by atoms with E-state index in [-0.39, 0.29) is 17.1 Å². The van der Waals surface area contributed by atoms with Crippen LogP contribution in [-0.2, 0) is 16.0 Å². The Balaban J connectivity index is 1.19. The van der Waals surface area contributed by atoms with Crippen molar-refractivity contribution in [3.8, 4) is 11.3 Å². The Kier molecular flexibility index (Phi) is 6.27. The number of pyridine rings is 1. The van der Waals surface area contributed by atoms with Crippen LogP contribution in [0.5, 0.6) is 0 Å². The molecule has 4 heterocycles. The summed E-state index contributed by atoms with van der Waals surface area (Å²) in [6, 6.07) is 12.7. The number of hydrogen-bond acceptors (Lipinski definition) is 7. The minimum atomic E-state index is -0.279. The van der Waals surface area contributed by atoms with Gasteiger partial charge in [-0.2, -0.15) is 0 Å². The van der Waals surface area contributed by atoms with Gasteiger partial charge in [-0.1, -0.05) is 38.1 Å². The van der Waals surface area contributed by atoms with Gasteiger partial charge in [0.05, 0.1) is 26.0 Å². The highest BCUT2D eigenvalue weighted by Crippen LogP contribution is 2.37. The number of hydrogen-bond donors (Lipinski definition) is 0. The molecule has 5 rings (SSSR count). The molecule has 0 amide bonds. The molecular weight excluding hydrogens is 440 g/mol. The average Bonchev–Trinajstić information content (AvgIpc) is 3.27. The first kappa shape index (κ1) is 23.8. The van der Waals surface area contributed by atoms with E-state index in [2.05, 4.69) is 84.1 Å². The van der Waals surface area contributed by atoms with Gasteiger partial charge in [0, 0.05) is 55.0 Å². The van der Waals surface area contributed by atoms with Crippen molar-refractivity contribution in [2.45, 2.75) is 40.5 Å². The van der Waals surface area contributed by atoms with Gasteiger partial charge in [0.15, 0.2) is 6.29 Å². The van der Waals surface area contributed by atoms with Crippen molar-refractivity contribution in [1.82, 2.24) is 20.0 Å². The lowest BCUT2D eigenvalue weighted by Crippen LogP contribution is -2.59. The van der Waals surface area contributed by atoms with Gasteiger partial charge in [0.1, 0.15) is 11.5 Å². The molecule has 3 aromatic rings. The first-order valence-electron chi connectivity index (χ1n) is 12.3. The molecule has 1 aromatic carbocycles. The van der Waals surface area contributed by atoms with Crippen LogP contribution < -0.4 is 9.80 Å². The first-order chi connectivity index (χ1) is 16.7. The van der Waals surface area contributed by atoms with Crippen molar-refractivity contribution in [2.24, 2.45) is 10.8 Å². The van der Waals surface area contributed by atoms with E-state index in [9.17, 15) is 0 Å². The number of anilines is 2. The van der Waals surface area contributed by atoms with Gasteiger partial charge >= 0.3 is 0 Å². The van der Waals surface area contributed by atoms with E-state index in [0.29, 0.717) is 19.8 Å². The predicted octanol–water partition coefficient (Wildman–Crippen LogP) is 4.01. The molecule has 35 heavy (non-hydrogen) atoms. The van der Waals surface area contributed by atoms with E-state index in [1.54, 1.807) is 0 Å². The Hall–Kier alpha value is -2.97. The van der Waals surface area contributed by atoms with Crippen LogP contribution in [0.3, 0.4) is 0 Å². The third-order valence-electron chi connectivity index (χ3n) is 6.85. The molecular formula is C27H36N6O2. The minimum Gasteiger partial charge on any atom is -0.370 e. The van der Waals surface area contributed by atoms with Crippen LogP contribution >= 0.6 is 0 Å². The summed E-state index contributed by atoms with van der Waals surface area (Å²) in [7, 11) is 2.12. The lowest BCUT2D eigenvalue weighted by atomic mass is 9.81. The fourth-order valence-corrected chi connectivity index (χ4v) is 5.02. The molecule has 0 spiro atoms. The molecule has 0 bridgehead atoms. The lowest BCUT2D eigenvalue weighted by Gasteiger charge is -2.51. The molecule has 0 atom stereocenters. The molecule has 2 aromatic heterocycles. The number of rotatable bonds is 7. The zero-order valence-corrected chi connectivity index (χ0v) is 21.4. The quantitative estimate of drug-likeness (QED) is 0.510. The third kappa shape index (κ3) is 5.33. The molecule has 0 radical (unpaired) electrons. The van der Waals surface area contributed by atoms with Gasteiger partial charge < -0.3 is 19.3 Å². The maximum absolute atomic E-state index is 5.84. The highest BCUT2D eigenvalue weighted by Gasteiger charge is 2.40. The van der Waals surface area contributed by atoms with Gasteiger partial charge in [-0.15, -0.1) is 5.10 Å². The monoisotopic (exact) mass is 476 g/mol. The maximum atomic E-state index is 5.84. The smallest absolute Gasteiger partial charge is 0.177 e. The number of aromatic nitrogens is 4. The summed E-state index contributed by atoms with van der Waals surface area (Å²) in [6.45, 7) is 13.7. The van der Waals surface area contributed by atoms with E-state index < -0.39 is 0 Å². The summed E-state index contributed by atoms with van der Waals surface area (Å²) in [5.74, 6) is 1.02. The second-order valence-corrected chi connectivity index (χ2v) is 11.3. The van der Waals surface area contributed by atoms with Crippen LogP contribution in [0.1, 0.15) is 26.3 Å². The summed E-state index contributed by atoms with van der Waals surface area (Å²) in [4.78, 5) is 9.17. The average molecular weight is 477 g/mol. The molecule has 2 saturated heterocycles. The Bertz CT molecular complexity index is 1150. The van der Waals surface area contributed by atoms with Gasteiger partial charge in [-0.25, -0.2) is 9.67 Å². The number of ether oxygens (including phenoxy) is 2. The minimum absolute atomic E-state index is 0.0613. The summed E-state index contributed by atoms with van der Waals surface area (Å²) >= 11 is 0. The van der Waals surface area contributed by atoms with E-state index in [4.69, 9.17) is 9.47 Å². The highest BCUT2D eigenvalue weighted by atomic mass is 16.7. The summed E-state index contributed by atoms with van der Waals surface area (Å²) < 4.78 is 13.5. The normalized spacial score (nSPS) is 19.4. The van der Waals surface area contributed by atoms with Crippen LogP contribution in [0, 0.1) is 17.8 Å². The molecule has 2 aliphatic heterocycles. The Morgan fingerprint density at radius 2 is 1.86 bits per heavy atom. The molecule has 0 aliphatic carbocycles. The van der Waals surface area contributed by atoms with Gasteiger partial charge in [0.2, 0.25) is 0 Å². The summed E-state index contributed by atoms with van der Waals surface area (Å²) in [5.41, 5.74) is 4.72. The Morgan fingerprint density at radius 1 is 1.09 bits per heavy atom. The summed E-state index contributed by atoms with van der Waals surface area (Å²) in [6.07, 6.45) is 3.55. The van der Waals surface area contributed by atoms with Crippen LogP contribution in [0.25, 0.3) is 11.3 Å². The van der Waals surface area contributed by atoms with E-state index in [1.807, 2.05) is 29.2 Å². The number of benzene rings is 1. The van der Waals surface area contributed by atoms with Crippen LogP contribution in [0.2, 0.25) is 0 Å². The molecule has 2 aliphatic rings. The van der Waals surface area contributed by atoms with Crippen molar-refractivity contribution in [1.29, 1.82) is 0 Å². The molecule has 2 fully saturated rings. The summed E-state index contributed by atoms with van der Waals surface area (Å²) in [5, 5.41) is 8.72. The van der Waals surface area contributed by atoms with E-state index in [0.717, 1.165) is 36.7 Å². The van der Waals surface area contributed by atoms with E-state index >= 15 is 0 Å². The highest BCUT2D eigenvalue weighted by molar-refractivity contribution is 5.67. The number of nitrogens with zero attached hydrogens (tertiary/aromatic N) is 6. The van der Waals surface area contributed by atoms with Crippen molar-refractivity contribution in [2.75, 3.05) is 49.7 Å². The molecule has 0 saturated carbocycles. The van der Waals surface area contributed by atoms with Crippen molar-refractivity contribution >= 4 is 11.5 Å². The molecule has 0 N–H and O–H groups in total. The van der Waals surface area contributed by atoms with Crippen molar-refractivity contribution in [3.63, 3.8) is 0 Å². The standard InChI is InChI=1S/C27H36N6O2/c1-20-12-21(32-16-27(4,17-32)15-31(5)24-8-6-7-11-28-24)9-10-22(20)23-13-33(30-29-23)14-25-34-18-26(2,3)19-35-25/h6-13,25H,14-19H2,1-5H3. The second kappa shape index (κ2) is 9.24. The van der Waals surface area contributed by atoms with Crippen molar-refractivity contribution < 1.29 is 9.47 Å². The predicted molar refractivity (Wildman–Crippen MR) is 137 cm³/mol. The Morgan fingerprint density at radius 3 is 2.54 bits per heavy atom. The van der Waals surface area contributed by atoms with Crippen LogP contribution in [0.15, 0.2) is 48.8 Å². The molecule has 186 valence electrons. The zero-order valence-electron chi connectivity index (χ0n) is 21.4. The topological polar surface area (TPSA) is 68.5 Å². The van der Waals surface area contributed by atoms with Gasteiger partial charge in [0.25, 0.3) is 0 Å². The second-order valence-electron chi connectivity index (χ2n) is 11.3. The maximum Gasteiger partial charge on any atom is 0.177 e. The first-order valence-corrected chi connectivity index (χ1v) is 12.3. The lowest BCUT2D eigenvalue weighted by molar-refractivity contribution is -0.227. The fraction of sp³-hybridized carbons (Fsp3) is 0.519. The van der Waals surface area contributed by atoms with Gasteiger partial charge in [-0.05, 0) is 36.8 Å². The van der Waals surface area contributed by atoms with Crippen LogP contribution in [0.4, 0.5) is 11.5 Å². The van der Waals surface area contributed by atoms with E-state index in [1.165, 1.54) is 11.3 Å². The molecule has 8 heteroatoms. The zero-order chi connectivity index (χ0) is 24.6. The molecule has 8 nitrogen and oxygen atoms in total. The molecule has 0 unspecified atom stereocenters. The van der Waals surface area contributed by atoms with Crippen LogP contribution in [-0.4, -0.2) is 66.2 Å². The number of aryl methyl sites for hydroxylation is 1. The Labute approximate surface area is 207 Å². The SMILES string of the molecule is Cc1cc(N2CC(C)(CN(C)c3ccccn3)C2)ccc1-c1cn(CC2OCC(C)(C)CO2)nn1. The van der Waals surface area contributed by atoms with Gasteiger partial charge in [-0.3, -0.25) is 0 Å². The third-order valence-corrected chi connectivity index (χ3v) is 6.85. The largest absolute Gasteiger partial charge is 0.370 e. The van der Waals surface area contributed by atoms with Crippen molar-refractivity contribution in [3.05, 3.63) is 54.4 Å². The fourth-order valence-electron chi connectivity index (χ4n) is 5.02.